The molecule has 0 radical (unpaired) electrons. The quantitative estimate of drug-likeness (QED) is 0.804. The highest BCUT2D eigenvalue weighted by Crippen LogP contribution is 2.27. The van der Waals surface area contributed by atoms with Crippen LogP contribution in [-0.2, 0) is 11.2 Å². The van der Waals surface area contributed by atoms with Crippen LogP contribution in [0.2, 0.25) is 0 Å². The van der Waals surface area contributed by atoms with Crippen molar-refractivity contribution in [1.82, 2.24) is 9.88 Å². The molecule has 16 heavy (non-hydrogen) atoms. The van der Waals surface area contributed by atoms with Crippen molar-refractivity contribution in [1.29, 1.82) is 5.26 Å². The number of aromatic amines is 1. The van der Waals surface area contributed by atoms with Gasteiger partial charge in [0.1, 0.15) is 5.41 Å². The van der Waals surface area contributed by atoms with Crippen LogP contribution >= 0.6 is 0 Å². The molecule has 0 atom stereocenters. The van der Waals surface area contributed by atoms with E-state index in [1.807, 2.05) is 12.4 Å². The number of nitrogens with zero attached hydrogens (tertiary/aromatic N) is 2. The fraction of sp³-hybridized carbons (Fsp3) is 0.583. The number of likely N-dealkylation sites (N-methyl/N-ethyl adjacent to an activating group) is 1. The third kappa shape index (κ3) is 2.43. The first-order chi connectivity index (χ1) is 7.74. The van der Waals surface area contributed by atoms with Crippen LogP contribution in [0.15, 0.2) is 18.5 Å². The van der Waals surface area contributed by atoms with Gasteiger partial charge in [0.15, 0.2) is 0 Å². The third-order valence-electron chi connectivity index (χ3n) is 3.01. The normalized spacial score (nSPS) is 18.1. The zero-order valence-corrected chi connectivity index (χ0v) is 9.57. The Morgan fingerprint density at radius 2 is 2.44 bits per heavy atom. The second-order valence-corrected chi connectivity index (χ2v) is 4.59. The van der Waals surface area contributed by atoms with E-state index in [2.05, 4.69) is 29.1 Å². The van der Waals surface area contributed by atoms with Crippen LogP contribution < -0.4 is 0 Å². The van der Waals surface area contributed by atoms with Gasteiger partial charge in [0.05, 0.1) is 19.3 Å². The topological polar surface area (TPSA) is 52.0 Å². The molecule has 1 saturated heterocycles. The van der Waals surface area contributed by atoms with Crippen molar-refractivity contribution < 1.29 is 4.74 Å². The Hall–Kier alpha value is -1.31. The molecule has 86 valence electrons. The van der Waals surface area contributed by atoms with E-state index < -0.39 is 0 Å². The van der Waals surface area contributed by atoms with Crippen LogP contribution in [0.1, 0.15) is 5.56 Å². The van der Waals surface area contributed by atoms with E-state index in [1.54, 1.807) is 0 Å². The van der Waals surface area contributed by atoms with Gasteiger partial charge < -0.3 is 14.6 Å². The Kier molecular flexibility index (Phi) is 3.28. The summed E-state index contributed by atoms with van der Waals surface area (Å²) in [6.45, 7) is 2.94. The fourth-order valence-corrected chi connectivity index (χ4v) is 1.97. The lowest BCUT2D eigenvalue weighted by Gasteiger charge is -2.37. The third-order valence-corrected chi connectivity index (χ3v) is 3.01. The van der Waals surface area contributed by atoms with E-state index in [0.29, 0.717) is 13.2 Å². The monoisotopic (exact) mass is 219 g/mol. The Morgan fingerprint density at radius 1 is 1.62 bits per heavy atom. The van der Waals surface area contributed by atoms with Gasteiger partial charge in [-0.3, -0.25) is 0 Å². The molecule has 0 unspecified atom stereocenters. The van der Waals surface area contributed by atoms with Crippen molar-refractivity contribution in [3.05, 3.63) is 24.0 Å². The molecule has 1 N–H and O–H groups in total. The number of nitriles is 1. The summed E-state index contributed by atoms with van der Waals surface area (Å²) in [6, 6.07) is 4.45. The molecule has 2 rings (SSSR count). The van der Waals surface area contributed by atoms with Crippen molar-refractivity contribution in [2.75, 3.05) is 33.4 Å². The van der Waals surface area contributed by atoms with Gasteiger partial charge >= 0.3 is 0 Å². The van der Waals surface area contributed by atoms with E-state index in [1.165, 1.54) is 5.56 Å². The first kappa shape index (κ1) is 11.2. The highest BCUT2D eigenvalue weighted by atomic mass is 16.5. The van der Waals surface area contributed by atoms with Gasteiger partial charge in [0.2, 0.25) is 0 Å². The highest BCUT2D eigenvalue weighted by Gasteiger charge is 2.39. The van der Waals surface area contributed by atoms with Gasteiger partial charge in [-0.05, 0) is 25.1 Å². The average Bonchev–Trinajstić information content (AvgIpc) is 2.73. The minimum Gasteiger partial charge on any atom is -0.378 e. The maximum absolute atomic E-state index is 9.08. The molecular formula is C12H17N3O. The molecular weight excluding hydrogens is 202 g/mol. The molecule has 1 aromatic rings. The predicted octanol–water partition coefficient (Wildman–Crippen LogP) is 1.03. The SMILES string of the molecule is CN(CCc1cc[nH]c1)CC1(C#N)COC1. The minimum absolute atomic E-state index is 0.257. The van der Waals surface area contributed by atoms with Crippen LogP contribution in [-0.4, -0.2) is 43.2 Å². The summed E-state index contributed by atoms with van der Waals surface area (Å²) >= 11 is 0. The lowest BCUT2D eigenvalue weighted by Crippen LogP contribution is -2.49. The molecule has 1 aliphatic rings. The number of ether oxygens (including phenoxy) is 1. The zero-order valence-electron chi connectivity index (χ0n) is 9.57. The molecule has 1 fully saturated rings. The van der Waals surface area contributed by atoms with Gasteiger partial charge in [-0.15, -0.1) is 0 Å². The van der Waals surface area contributed by atoms with Crippen LogP contribution in [0.4, 0.5) is 0 Å². The molecule has 1 aromatic heterocycles. The summed E-state index contributed by atoms with van der Waals surface area (Å²) in [4.78, 5) is 5.25. The Bertz CT molecular complexity index is 362. The second-order valence-electron chi connectivity index (χ2n) is 4.59. The van der Waals surface area contributed by atoms with Crippen LogP contribution in [0.5, 0.6) is 0 Å². The van der Waals surface area contributed by atoms with E-state index in [9.17, 15) is 0 Å². The molecule has 4 nitrogen and oxygen atoms in total. The van der Waals surface area contributed by atoms with Gasteiger partial charge in [-0.25, -0.2) is 0 Å². The molecule has 0 bridgehead atoms. The summed E-state index contributed by atoms with van der Waals surface area (Å²) in [5.74, 6) is 0. The molecule has 0 saturated carbocycles. The Labute approximate surface area is 95.8 Å². The van der Waals surface area contributed by atoms with Crippen molar-refractivity contribution >= 4 is 0 Å². The average molecular weight is 219 g/mol. The number of nitrogens with one attached hydrogen (secondary N) is 1. The molecule has 4 heteroatoms. The van der Waals surface area contributed by atoms with Gasteiger partial charge in [-0.2, -0.15) is 5.26 Å². The summed E-state index contributed by atoms with van der Waals surface area (Å²) in [5.41, 5.74) is 1.05. The van der Waals surface area contributed by atoms with Crippen molar-refractivity contribution in [2.24, 2.45) is 5.41 Å². The van der Waals surface area contributed by atoms with Crippen molar-refractivity contribution in [2.45, 2.75) is 6.42 Å². The first-order valence-electron chi connectivity index (χ1n) is 5.53. The number of H-pyrrole nitrogens is 1. The van der Waals surface area contributed by atoms with E-state index in [-0.39, 0.29) is 5.41 Å². The number of hydrogen-bond donors (Lipinski definition) is 1. The van der Waals surface area contributed by atoms with Gasteiger partial charge in [-0.1, -0.05) is 0 Å². The smallest absolute Gasteiger partial charge is 0.116 e. The standard InChI is InChI=1S/C12H17N3O/c1-15(5-3-11-2-4-14-6-11)8-12(7-13)9-16-10-12/h2,4,6,14H,3,5,8-10H2,1H3. The number of aromatic nitrogens is 1. The fourth-order valence-electron chi connectivity index (χ4n) is 1.97. The highest BCUT2D eigenvalue weighted by molar-refractivity contribution is 5.09. The van der Waals surface area contributed by atoms with E-state index in [4.69, 9.17) is 10.00 Å². The molecule has 1 aliphatic heterocycles. The Balaban J connectivity index is 1.76. The number of rotatable bonds is 5. The van der Waals surface area contributed by atoms with Crippen LogP contribution in [0.3, 0.4) is 0 Å². The van der Waals surface area contributed by atoms with Crippen LogP contribution in [0.25, 0.3) is 0 Å². The van der Waals surface area contributed by atoms with Crippen molar-refractivity contribution in [3.8, 4) is 6.07 Å². The van der Waals surface area contributed by atoms with Gasteiger partial charge in [0, 0.05) is 25.5 Å². The summed E-state index contributed by atoms with van der Waals surface area (Å²) in [6.07, 6.45) is 4.97. The van der Waals surface area contributed by atoms with Crippen LogP contribution in [0, 0.1) is 16.7 Å². The zero-order chi connectivity index (χ0) is 11.4. The largest absolute Gasteiger partial charge is 0.378 e. The molecule has 2 heterocycles. The molecule has 0 aromatic carbocycles. The maximum atomic E-state index is 9.08. The minimum atomic E-state index is -0.257. The van der Waals surface area contributed by atoms with Crippen molar-refractivity contribution in [3.63, 3.8) is 0 Å². The maximum Gasteiger partial charge on any atom is 0.116 e. The Morgan fingerprint density at radius 3 is 2.94 bits per heavy atom. The summed E-state index contributed by atoms with van der Waals surface area (Å²) in [5, 5.41) is 9.08. The van der Waals surface area contributed by atoms with E-state index in [0.717, 1.165) is 19.5 Å². The molecule has 0 amide bonds. The predicted molar refractivity (Wildman–Crippen MR) is 60.9 cm³/mol. The van der Waals surface area contributed by atoms with E-state index >= 15 is 0 Å². The van der Waals surface area contributed by atoms with Gasteiger partial charge in [0.25, 0.3) is 0 Å². The molecule has 0 spiro atoms. The lowest BCUT2D eigenvalue weighted by molar-refractivity contribution is -0.0886. The summed E-state index contributed by atoms with van der Waals surface area (Å²) in [7, 11) is 2.06. The second kappa shape index (κ2) is 4.69. The number of hydrogen-bond acceptors (Lipinski definition) is 3. The summed E-state index contributed by atoms with van der Waals surface area (Å²) < 4.78 is 5.13. The molecule has 0 aliphatic carbocycles. The lowest BCUT2D eigenvalue weighted by atomic mass is 9.87. The first-order valence-corrected chi connectivity index (χ1v) is 5.53.